The Balaban J connectivity index is 0.000000233. The van der Waals surface area contributed by atoms with Gasteiger partial charge in [-0.05, 0) is 65.2 Å². The second kappa shape index (κ2) is 14.1. The molecule has 0 fully saturated rings. The van der Waals surface area contributed by atoms with Crippen molar-refractivity contribution in [3.63, 3.8) is 0 Å². The maximum Gasteiger partial charge on any atom is 0.103 e. The molecule has 4 atom stereocenters. The van der Waals surface area contributed by atoms with Gasteiger partial charge in [-0.25, -0.2) is 0 Å². The van der Waals surface area contributed by atoms with Crippen LogP contribution in [-0.2, 0) is 26.5 Å². The van der Waals surface area contributed by atoms with Crippen LogP contribution in [0.25, 0.3) is 22.5 Å². The zero-order valence-corrected chi connectivity index (χ0v) is 29.7. The molecule has 0 saturated carbocycles. The summed E-state index contributed by atoms with van der Waals surface area (Å²) in [4.78, 5) is 8.71. The third-order valence-electron chi connectivity index (χ3n) is 8.80. The first-order valence-corrected chi connectivity index (χ1v) is 16.0. The number of nitrogens with zero attached hydrogens (tertiary/aromatic N) is 3. The largest absolute Gasteiger partial charge is 0.532 e. The van der Waals surface area contributed by atoms with Crippen molar-refractivity contribution in [3.8, 4) is 34.3 Å². The topological polar surface area (TPSA) is 58.8 Å². The molecule has 2 aliphatic carbocycles. The number of hydrogen-bond donors (Lipinski definition) is 0. The minimum absolute atomic E-state index is 0. The van der Waals surface area contributed by atoms with Gasteiger partial charge in [0, 0.05) is 72.5 Å². The number of nitriles is 1. The first-order valence-electron chi connectivity index (χ1n) is 20.0. The van der Waals surface area contributed by atoms with Gasteiger partial charge in [0.2, 0.25) is 0 Å². The Morgan fingerprint density at radius 1 is 0.898 bits per heavy atom. The molecule has 3 aliphatic rings. The second-order valence-electron chi connectivity index (χ2n) is 13.2. The zero-order chi connectivity index (χ0) is 40.2. The Bertz CT molecular complexity index is 2380. The van der Waals surface area contributed by atoms with Crippen LogP contribution in [0.15, 0.2) is 115 Å². The molecule has 8 rings (SSSR count). The Morgan fingerprint density at radius 2 is 1.69 bits per heavy atom. The summed E-state index contributed by atoms with van der Waals surface area (Å²) in [6.07, 6.45) is 6.99. The maximum absolute atomic E-state index is 9.48. The van der Waals surface area contributed by atoms with Gasteiger partial charge in [-0.1, -0.05) is 92.1 Å². The van der Waals surface area contributed by atoms with Crippen molar-refractivity contribution in [2.24, 2.45) is 11.3 Å². The van der Waals surface area contributed by atoms with Gasteiger partial charge in [0.25, 0.3) is 0 Å². The van der Waals surface area contributed by atoms with Crippen molar-refractivity contribution in [3.05, 3.63) is 161 Å². The predicted molar refractivity (Wildman–Crippen MR) is 191 cm³/mol. The second-order valence-corrected chi connectivity index (χ2v) is 13.2. The molecule has 5 aromatic rings. The summed E-state index contributed by atoms with van der Waals surface area (Å²) in [5.74, 6) is 0.507. The van der Waals surface area contributed by atoms with Crippen molar-refractivity contribution in [1.29, 1.82) is 5.26 Å². The molecule has 49 heavy (non-hydrogen) atoms. The summed E-state index contributed by atoms with van der Waals surface area (Å²) < 4.78 is 70.1. The van der Waals surface area contributed by atoms with Crippen LogP contribution < -0.4 is 4.74 Å². The summed E-state index contributed by atoms with van der Waals surface area (Å²) in [6.45, 7) is 0.451. The van der Waals surface area contributed by atoms with Crippen molar-refractivity contribution < 1.29 is 35.8 Å². The van der Waals surface area contributed by atoms with E-state index in [1.165, 1.54) is 6.07 Å². The number of rotatable bonds is 3. The van der Waals surface area contributed by atoms with Crippen LogP contribution in [0.5, 0.6) is 5.75 Å². The molecule has 4 unspecified atom stereocenters. The van der Waals surface area contributed by atoms with Crippen LogP contribution in [-0.4, -0.2) is 16.1 Å². The van der Waals surface area contributed by atoms with Gasteiger partial charge in [-0.2, -0.15) is 5.26 Å². The zero-order valence-electron chi connectivity index (χ0n) is 35.3. The molecule has 1 radical (unpaired) electrons. The summed E-state index contributed by atoms with van der Waals surface area (Å²) >= 11 is 0. The number of fused-ring (bicyclic) bond motifs is 8. The normalized spacial score (nSPS) is 22.9. The van der Waals surface area contributed by atoms with Gasteiger partial charge in [0.1, 0.15) is 6.10 Å². The molecule has 3 aromatic carbocycles. The number of aromatic nitrogens is 2. The molecular formula is C44H39IrN3O-2. The average Bonchev–Trinajstić information content (AvgIpc) is 3.57. The van der Waals surface area contributed by atoms with E-state index in [0.717, 1.165) is 34.1 Å². The number of benzene rings is 3. The summed E-state index contributed by atoms with van der Waals surface area (Å²) in [6, 6.07) is 33.1. The van der Waals surface area contributed by atoms with Gasteiger partial charge < -0.3 is 14.7 Å². The first-order chi connectivity index (χ1) is 26.4. The van der Waals surface area contributed by atoms with Crippen LogP contribution in [0.2, 0.25) is 0 Å². The third kappa shape index (κ3) is 6.95. The van der Waals surface area contributed by atoms with Gasteiger partial charge in [0.15, 0.2) is 0 Å². The van der Waals surface area contributed by atoms with Crippen molar-refractivity contribution in [1.82, 2.24) is 9.97 Å². The van der Waals surface area contributed by atoms with E-state index in [-0.39, 0.29) is 55.1 Å². The van der Waals surface area contributed by atoms with Gasteiger partial charge in [0.05, 0.1) is 6.07 Å². The van der Waals surface area contributed by atoms with E-state index < -0.39 is 25.5 Å². The fourth-order valence-corrected chi connectivity index (χ4v) is 6.77. The van der Waals surface area contributed by atoms with E-state index in [4.69, 9.17) is 15.7 Å². The molecule has 3 heterocycles. The van der Waals surface area contributed by atoms with Gasteiger partial charge in [-0.15, -0.1) is 54.1 Å². The first kappa shape index (κ1) is 25.4. The third-order valence-corrected chi connectivity index (χ3v) is 8.80. The number of pyridine rings is 2. The van der Waals surface area contributed by atoms with Crippen molar-refractivity contribution in [2.75, 3.05) is 0 Å². The Hall–Kier alpha value is -4.62. The molecule has 1 aliphatic heterocycles. The fourth-order valence-electron chi connectivity index (χ4n) is 6.77. The number of aryl methyl sites for hydroxylation is 2. The molecule has 0 amide bonds. The molecule has 4 nitrogen and oxygen atoms in total. The molecule has 0 saturated heterocycles. The fraction of sp³-hybridized carbons (Fsp3) is 0.250. The quantitative estimate of drug-likeness (QED) is 0.170. The Labute approximate surface area is 315 Å². The van der Waals surface area contributed by atoms with Crippen LogP contribution in [0, 0.1) is 48.5 Å². The predicted octanol–water partition coefficient (Wildman–Crippen LogP) is 9.93. The number of hydrogen-bond acceptors (Lipinski definition) is 4. The van der Waals surface area contributed by atoms with E-state index in [0.29, 0.717) is 28.1 Å². The number of ether oxygens (including phenoxy) is 1. The molecule has 0 bridgehead atoms. The smallest absolute Gasteiger partial charge is 0.103 e. The van der Waals surface area contributed by atoms with Crippen LogP contribution in [0.4, 0.5) is 0 Å². The number of allylic oxidation sites excluding steroid dienone is 3. The van der Waals surface area contributed by atoms with Crippen LogP contribution in [0.3, 0.4) is 0 Å². The summed E-state index contributed by atoms with van der Waals surface area (Å²) in [7, 11) is 0. The molecule has 2 aromatic heterocycles. The van der Waals surface area contributed by atoms with Gasteiger partial charge >= 0.3 is 0 Å². The van der Waals surface area contributed by atoms with E-state index in [2.05, 4.69) is 40.3 Å². The van der Waals surface area contributed by atoms with E-state index >= 15 is 0 Å². The summed E-state index contributed by atoms with van der Waals surface area (Å²) in [5.41, 5.74) is 5.98. The SMILES string of the molecule is [2H]C([2H])([2H])c1cnc(-c2[c-]ccc3c2OC2C3c3ccccc3C3C=C(C#N)C=CC32)cc1C([2H])([2H])[2H].[2H]C([2H])(c1ccc(-c2[c-]cccc2)nc1)C(C)(C)C.[Ir]. The van der Waals surface area contributed by atoms with E-state index in [1.807, 2.05) is 93.6 Å². The van der Waals surface area contributed by atoms with Crippen molar-refractivity contribution in [2.45, 2.75) is 58.8 Å². The monoisotopic (exact) mass is 826 g/mol. The van der Waals surface area contributed by atoms with E-state index in [1.54, 1.807) is 12.3 Å². The minimum Gasteiger partial charge on any atom is -0.532 e. The standard InChI is InChI=1S/C28H21N2O.C16H18N.Ir/c1-16-12-25(30-15-17(16)2)22-8-5-9-23-26-20-7-4-3-6-19(20)24-13-18(14-29)10-11-21(24)28(26)31-27(22)23;1-16(2,3)11-13-9-10-15(17-12-13)14-7-5-4-6-8-14;/h3-7,9-13,15,21,24,26,28H,1-2H3;4-7,9-10,12H,11H2,1-3H3;/q2*-1;/i1D3,2D3;11D2;. The maximum atomic E-state index is 9.48. The van der Waals surface area contributed by atoms with Crippen LogP contribution >= 0.6 is 0 Å². The Kier molecular flexibility index (Phi) is 7.29. The van der Waals surface area contributed by atoms with E-state index in [9.17, 15) is 5.26 Å². The van der Waals surface area contributed by atoms with Crippen molar-refractivity contribution >= 4 is 0 Å². The molecule has 5 heteroatoms. The molecule has 0 spiro atoms. The molecule has 247 valence electrons. The minimum atomic E-state index is -2.63. The average molecular weight is 826 g/mol. The van der Waals surface area contributed by atoms with Gasteiger partial charge in [-0.3, -0.25) is 0 Å². The van der Waals surface area contributed by atoms with Crippen LogP contribution in [0.1, 0.15) is 77.0 Å². The molecular weight excluding hydrogens is 779 g/mol. The Morgan fingerprint density at radius 3 is 2.41 bits per heavy atom. The molecule has 0 N–H and O–H groups in total. The summed E-state index contributed by atoms with van der Waals surface area (Å²) in [5, 5.41) is 9.48.